The van der Waals surface area contributed by atoms with Crippen LogP contribution in [0.1, 0.15) is 0 Å². The summed E-state index contributed by atoms with van der Waals surface area (Å²) in [6, 6.07) is 11.5. The Balaban J connectivity index is 2.04. The number of para-hydroxylation sites is 2. The Kier molecular flexibility index (Phi) is 2.82. The van der Waals surface area contributed by atoms with E-state index in [2.05, 4.69) is 15.0 Å². The summed E-state index contributed by atoms with van der Waals surface area (Å²) in [5.41, 5.74) is 7.59. The largest absolute Gasteiger partial charge is 0.381 e. The van der Waals surface area contributed by atoms with Crippen LogP contribution in [0.25, 0.3) is 11.0 Å². The highest BCUT2D eigenvalue weighted by molar-refractivity contribution is 7.99. The van der Waals surface area contributed by atoms with Crippen molar-refractivity contribution in [3.8, 4) is 0 Å². The van der Waals surface area contributed by atoms with Crippen molar-refractivity contribution in [1.29, 1.82) is 0 Å². The van der Waals surface area contributed by atoms with E-state index in [1.54, 1.807) is 12.4 Å². The number of fused-ring (bicyclic) bond motifs is 1. The second-order valence-corrected chi connectivity index (χ2v) is 4.75. The molecule has 1 aromatic carbocycles. The number of benzene rings is 1. The molecule has 5 heteroatoms. The molecule has 0 saturated carbocycles. The third-order valence-corrected chi connectivity index (χ3v) is 3.43. The molecule has 0 spiro atoms. The second-order valence-electron chi connectivity index (χ2n) is 3.69. The maximum Gasteiger partial charge on any atom is 0.157 e. The van der Waals surface area contributed by atoms with Gasteiger partial charge in [-0.2, -0.15) is 0 Å². The molecule has 88 valence electrons. The molecule has 0 fully saturated rings. The minimum Gasteiger partial charge on any atom is -0.381 e. The third kappa shape index (κ3) is 2.12. The lowest BCUT2D eigenvalue weighted by molar-refractivity contribution is 1.13. The lowest BCUT2D eigenvalue weighted by Gasteiger charge is -2.05. The topological polar surface area (TPSA) is 64.7 Å². The number of pyridine rings is 1. The molecule has 0 saturated heterocycles. The predicted molar refractivity (Wildman–Crippen MR) is 72.3 cm³/mol. The number of hydrogen-bond acceptors (Lipinski definition) is 5. The number of nitrogen functional groups attached to an aromatic ring is 1. The molecule has 2 N–H and O–H groups in total. The fourth-order valence-corrected chi connectivity index (χ4v) is 2.37. The summed E-state index contributed by atoms with van der Waals surface area (Å²) in [6.45, 7) is 0. The molecule has 0 aliphatic carbocycles. The number of aromatic nitrogens is 3. The molecule has 3 aromatic rings. The molecule has 0 unspecified atom stereocenters. The van der Waals surface area contributed by atoms with Gasteiger partial charge in [0.05, 0.1) is 11.0 Å². The van der Waals surface area contributed by atoms with Crippen LogP contribution in [0.5, 0.6) is 0 Å². The lowest BCUT2D eigenvalue weighted by Crippen LogP contribution is -1.97. The summed E-state index contributed by atoms with van der Waals surface area (Å²) < 4.78 is 0. The van der Waals surface area contributed by atoms with Gasteiger partial charge in [0.15, 0.2) is 5.82 Å². The van der Waals surface area contributed by atoms with Crippen molar-refractivity contribution in [2.24, 2.45) is 0 Å². The van der Waals surface area contributed by atoms with Crippen molar-refractivity contribution in [1.82, 2.24) is 15.0 Å². The first kappa shape index (κ1) is 11.0. The van der Waals surface area contributed by atoms with E-state index in [1.807, 2.05) is 36.4 Å². The Morgan fingerprint density at radius 1 is 0.889 bits per heavy atom. The zero-order chi connectivity index (χ0) is 12.4. The minimum atomic E-state index is 0.454. The first-order valence-electron chi connectivity index (χ1n) is 5.43. The van der Waals surface area contributed by atoms with E-state index in [1.165, 1.54) is 11.8 Å². The normalized spacial score (nSPS) is 10.7. The van der Waals surface area contributed by atoms with Crippen molar-refractivity contribution in [3.05, 3.63) is 48.8 Å². The number of rotatable bonds is 2. The standard InChI is InChI=1S/C13H10N4S/c14-12-13(18-9-5-7-15-8-6-9)17-11-4-2-1-3-10(11)16-12/h1-8H,(H2,14,16). The molecule has 18 heavy (non-hydrogen) atoms. The van der Waals surface area contributed by atoms with Crippen molar-refractivity contribution in [2.75, 3.05) is 5.73 Å². The van der Waals surface area contributed by atoms with E-state index < -0.39 is 0 Å². The van der Waals surface area contributed by atoms with E-state index in [-0.39, 0.29) is 0 Å². The van der Waals surface area contributed by atoms with Gasteiger partial charge in [-0.1, -0.05) is 23.9 Å². The van der Waals surface area contributed by atoms with Crippen LogP contribution in [0, 0.1) is 0 Å². The van der Waals surface area contributed by atoms with E-state index in [4.69, 9.17) is 5.73 Å². The summed E-state index contributed by atoms with van der Waals surface area (Å²) in [6.07, 6.45) is 3.49. The number of nitrogens with zero attached hydrogens (tertiary/aromatic N) is 3. The maximum atomic E-state index is 5.92. The van der Waals surface area contributed by atoms with Crippen LogP contribution < -0.4 is 5.73 Å². The number of nitrogens with two attached hydrogens (primary N) is 1. The molecular formula is C13H10N4S. The Labute approximate surface area is 108 Å². The molecule has 0 aliphatic heterocycles. The number of hydrogen-bond donors (Lipinski definition) is 1. The highest BCUT2D eigenvalue weighted by atomic mass is 32.2. The summed E-state index contributed by atoms with van der Waals surface area (Å²) in [5.74, 6) is 0.454. The highest BCUT2D eigenvalue weighted by Gasteiger charge is 2.07. The summed E-state index contributed by atoms with van der Waals surface area (Å²) in [7, 11) is 0. The van der Waals surface area contributed by atoms with Crippen LogP contribution in [0.2, 0.25) is 0 Å². The van der Waals surface area contributed by atoms with Crippen LogP contribution in [-0.2, 0) is 0 Å². The molecule has 0 atom stereocenters. The Hall–Kier alpha value is -2.14. The van der Waals surface area contributed by atoms with Gasteiger partial charge in [0.1, 0.15) is 5.03 Å². The maximum absolute atomic E-state index is 5.92. The van der Waals surface area contributed by atoms with E-state index >= 15 is 0 Å². The van der Waals surface area contributed by atoms with Crippen LogP contribution in [0.3, 0.4) is 0 Å². The van der Waals surface area contributed by atoms with Gasteiger partial charge in [0.25, 0.3) is 0 Å². The molecular weight excluding hydrogens is 244 g/mol. The lowest BCUT2D eigenvalue weighted by atomic mass is 10.3. The first-order chi connectivity index (χ1) is 8.83. The SMILES string of the molecule is Nc1nc2ccccc2nc1Sc1ccncc1. The van der Waals surface area contributed by atoms with Gasteiger partial charge in [-0.25, -0.2) is 9.97 Å². The van der Waals surface area contributed by atoms with Crippen molar-refractivity contribution in [2.45, 2.75) is 9.92 Å². The third-order valence-electron chi connectivity index (χ3n) is 2.43. The molecule has 0 radical (unpaired) electrons. The fraction of sp³-hybridized carbons (Fsp3) is 0. The molecule has 2 aromatic heterocycles. The summed E-state index contributed by atoms with van der Waals surface area (Å²) in [5, 5.41) is 0.722. The average molecular weight is 254 g/mol. The zero-order valence-electron chi connectivity index (χ0n) is 9.45. The van der Waals surface area contributed by atoms with Crippen LogP contribution in [0.15, 0.2) is 58.7 Å². The van der Waals surface area contributed by atoms with Gasteiger partial charge < -0.3 is 5.73 Å². The minimum absolute atomic E-state index is 0.454. The van der Waals surface area contributed by atoms with E-state index in [9.17, 15) is 0 Å². The Morgan fingerprint density at radius 3 is 2.28 bits per heavy atom. The van der Waals surface area contributed by atoms with Crippen molar-refractivity contribution in [3.63, 3.8) is 0 Å². The van der Waals surface area contributed by atoms with E-state index in [0.29, 0.717) is 5.82 Å². The molecule has 0 amide bonds. The second kappa shape index (κ2) is 4.62. The number of anilines is 1. The van der Waals surface area contributed by atoms with Gasteiger partial charge in [-0.3, -0.25) is 4.98 Å². The first-order valence-corrected chi connectivity index (χ1v) is 6.25. The molecule has 4 nitrogen and oxygen atoms in total. The van der Waals surface area contributed by atoms with Crippen LogP contribution >= 0.6 is 11.8 Å². The monoisotopic (exact) mass is 254 g/mol. The highest BCUT2D eigenvalue weighted by Crippen LogP contribution is 2.30. The summed E-state index contributed by atoms with van der Waals surface area (Å²) in [4.78, 5) is 13.9. The van der Waals surface area contributed by atoms with Gasteiger partial charge >= 0.3 is 0 Å². The van der Waals surface area contributed by atoms with Crippen LogP contribution in [-0.4, -0.2) is 15.0 Å². The van der Waals surface area contributed by atoms with Gasteiger partial charge in [-0.05, 0) is 24.3 Å². The smallest absolute Gasteiger partial charge is 0.157 e. The summed E-state index contributed by atoms with van der Waals surface area (Å²) >= 11 is 1.49. The van der Waals surface area contributed by atoms with Crippen LogP contribution in [0.4, 0.5) is 5.82 Å². The van der Waals surface area contributed by atoms with Gasteiger partial charge in [0.2, 0.25) is 0 Å². The average Bonchev–Trinajstić information content (AvgIpc) is 2.41. The molecule has 0 aliphatic rings. The van der Waals surface area contributed by atoms with Crippen molar-refractivity contribution >= 4 is 28.6 Å². The quantitative estimate of drug-likeness (QED) is 0.761. The Morgan fingerprint density at radius 2 is 1.56 bits per heavy atom. The van der Waals surface area contributed by atoms with Crippen molar-refractivity contribution < 1.29 is 0 Å². The molecule has 0 bridgehead atoms. The predicted octanol–water partition coefficient (Wildman–Crippen LogP) is 2.76. The zero-order valence-corrected chi connectivity index (χ0v) is 10.3. The molecule has 3 rings (SSSR count). The Bertz CT molecular complexity index is 685. The van der Waals surface area contributed by atoms with E-state index in [0.717, 1.165) is 21.0 Å². The van der Waals surface area contributed by atoms with Gasteiger partial charge in [-0.15, -0.1) is 0 Å². The van der Waals surface area contributed by atoms with Gasteiger partial charge in [0, 0.05) is 17.3 Å². The fourth-order valence-electron chi connectivity index (χ4n) is 1.59. The molecule has 2 heterocycles.